The van der Waals surface area contributed by atoms with E-state index >= 15 is 0 Å². The van der Waals surface area contributed by atoms with Gasteiger partial charge in [0.1, 0.15) is 5.82 Å². The Labute approximate surface area is 116 Å². The molecule has 1 aliphatic heterocycles. The lowest BCUT2D eigenvalue weighted by atomic mass is 10.1. The fourth-order valence-corrected chi connectivity index (χ4v) is 2.26. The number of rotatable bonds is 2. The SMILES string of the molecule is Nc1nccc(-c2ccc(N3CCOCC3)c(F)c2)n1. The number of hydrogen-bond donors (Lipinski definition) is 1. The van der Waals surface area contributed by atoms with Gasteiger partial charge in [0.2, 0.25) is 5.95 Å². The van der Waals surface area contributed by atoms with Crippen LogP contribution in [0.2, 0.25) is 0 Å². The van der Waals surface area contributed by atoms with Gasteiger partial charge in [-0.05, 0) is 18.2 Å². The largest absolute Gasteiger partial charge is 0.378 e. The van der Waals surface area contributed by atoms with Gasteiger partial charge in [-0.1, -0.05) is 6.07 Å². The first-order chi connectivity index (χ1) is 9.74. The number of anilines is 2. The maximum atomic E-state index is 14.3. The highest BCUT2D eigenvalue weighted by Crippen LogP contribution is 2.26. The molecule has 1 saturated heterocycles. The number of halogens is 1. The third kappa shape index (κ3) is 2.55. The summed E-state index contributed by atoms with van der Waals surface area (Å²) in [5, 5.41) is 0. The fourth-order valence-electron chi connectivity index (χ4n) is 2.26. The first-order valence-electron chi connectivity index (χ1n) is 6.45. The van der Waals surface area contributed by atoms with Gasteiger partial charge in [0.25, 0.3) is 0 Å². The first kappa shape index (κ1) is 12.8. The summed E-state index contributed by atoms with van der Waals surface area (Å²) in [5.74, 6) is -0.0817. The molecule has 0 unspecified atom stereocenters. The smallest absolute Gasteiger partial charge is 0.220 e. The van der Waals surface area contributed by atoms with E-state index in [9.17, 15) is 4.39 Å². The van der Waals surface area contributed by atoms with Crippen molar-refractivity contribution in [3.63, 3.8) is 0 Å². The third-order valence-electron chi connectivity index (χ3n) is 3.27. The van der Waals surface area contributed by atoms with Crippen molar-refractivity contribution >= 4 is 11.6 Å². The van der Waals surface area contributed by atoms with E-state index in [-0.39, 0.29) is 11.8 Å². The van der Waals surface area contributed by atoms with Crippen LogP contribution >= 0.6 is 0 Å². The van der Waals surface area contributed by atoms with Crippen molar-refractivity contribution in [3.8, 4) is 11.3 Å². The predicted octanol–water partition coefficient (Wildman–Crippen LogP) is 1.70. The van der Waals surface area contributed by atoms with Crippen molar-refractivity contribution in [2.75, 3.05) is 36.9 Å². The molecule has 0 aliphatic carbocycles. The van der Waals surface area contributed by atoms with Gasteiger partial charge < -0.3 is 15.4 Å². The van der Waals surface area contributed by atoms with E-state index in [1.165, 1.54) is 6.07 Å². The monoisotopic (exact) mass is 274 g/mol. The van der Waals surface area contributed by atoms with Gasteiger partial charge in [-0.3, -0.25) is 0 Å². The number of nitrogen functional groups attached to an aromatic ring is 1. The molecular formula is C14H15FN4O. The first-order valence-corrected chi connectivity index (χ1v) is 6.45. The number of aromatic nitrogens is 2. The van der Waals surface area contributed by atoms with Gasteiger partial charge in [-0.25, -0.2) is 14.4 Å². The Morgan fingerprint density at radius 1 is 1.20 bits per heavy atom. The lowest BCUT2D eigenvalue weighted by molar-refractivity contribution is 0.122. The average Bonchev–Trinajstić information content (AvgIpc) is 2.48. The summed E-state index contributed by atoms with van der Waals surface area (Å²) in [6, 6.07) is 6.80. The van der Waals surface area contributed by atoms with Crippen LogP contribution in [0.3, 0.4) is 0 Å². The summed E-state index contributed by atoms with van der Waals surface area (Å²) in [6.07, 6.45) is 1.56. The maximum Gasteiger partial charge on any atom is 0.220 e. The highest BCUT2D eigenvalue weighted by molar-refractivity contribution is 5.64. The van der Waals surface area contributed by atoms with E-state index in [1.54, 1.807) is 18.3 Å². The number of hydrogen-bond acceptors (Lipinski definition) is 5. The Morgan fingerprint density at radius 3 is 2.70 bits per heavy atom. The summed E-state index contributed by atoms with van der Waals surface area (Å²) < 4.78 is 19.5. The highest BCUT2D eigenvalue weighted by atomic mass is 19.1. The molecule has 1 aromatic carbocycles. The summed E-state index contributed by atoms with van der Waals surface area (Å²) in [4.78, 5) is 9.91. The minimum absolute atomic E-state index is 0.181. The van der Waals surface area contributed by atoms with E-state index in [4.69, 9.17) is 10.5 Å². The standard InChI is InChI=1S/C14H15FN4O/c15-11-9-10(12-3-4-17-14(16)18-12)1-2-13(11)19-5-7-20-8-6-19/h1-4,9H,5-8H2,(H2,16,17,18). The number of morpholine rings is 1. The van der Waals surface area contributed by atoms with Gasteiger partial charge in [0.15, 0.2) is 0 Å². The van der Waals surface area contributed by atoms with Crippen LogP contribution in [0.4, 0.5) is 16.0 Å². The molecular weight excluding hydrogens is 259 g/mol. The van der Waals surface area contributed by atoms with Crippen LogP contribution in [-0.4, -0.2) is 36.3 Å². The summed E-state index contributed by atoms with van der Waals surface area (Å²) in [5.41, 5.74) is 7.44. The number of benzene rings is 1. The normalized spacial score (nSPS) is 15.3. The highest BCUT2D eigenvalue weighted by Gasteiger charge is 2.15. The van der Waals surface area contributed by atoms with Crippen LogP contribution in [-0.2, 0) is 4.74 Å². The Balaban J connectivity index is 1.90. The second-order valence-corrected chi connectivity index (χ2v) is 4.57. The quantitative estimate of drug-likeness (QED) is 0.903. The van der Waals surface area contributed by atoms with Crippen molar-refractivity contribution in [1.29, 1.82) is 0 Å². The zero-order valence-electron chi connectivity index (χ0n) is 10.9. The topological polar surface area (TPSA) is 64.3 Å². The average molecular weight is 274 g/mol. The predicted molar refractivity (Wildman–Crippen MR) is 74.9 cm³/mol. The molecule has 5 nitrogen and oxygen atoms in total. The summed E-state index contributed by atoms with van der Waals surface area (Å²) in [6.45, 7) is 2.67. The zero-order valence-corrected chi connectivity index (χ0v) is 10.9. The fraction of sp³-hybridized carbons (Fsp3) is 0.286. The molecule has 0 radical (unpaired) electrons. The minimum atomic E-state index is -0.262. The van der Waals surface area contributed by atoms with Crippen LogP contribution in [0.1, 0.15) is 0 Å². The Hall–Kier alpha value is -2.21. The lowest BCUT2D eigenvalue weighted by Gasteiger charge is -2.29. The van der Waals surface area contributed by atoms with Crippen LogP contribution in [0.15, 0.2) is 30.5 Å². The van der Waals surface area contributed by atoms with Gasteiger partial charge in [-0.15, -0.1) is 0 Å². The molecule has 6 heteroatoms. The van der Waals surface area contributed by atoms with Crippen LogP contribution in [0.25, 0.3) is 11.3 Å². The molecule has 0 bridgehead atoms. The molecule has 0 amide bonds. The van der Waals surface area contributed by atoms with Crippen LogP contribution < -0.4 is 10.6 Å². The molecule has 104 valence electrons. The molecule has 3 rings (SSSR count). The second-order valence-electron chi connectivity index (χ2n) is 4.57. The van der Waals surface area contributed by atoms with Crippen molar-refractivity contribution < 1.29 is 9.13 Å². The summed E-state index contributed by atoms with van der Waals surface area (Å²) in [7, 11) is 0. The Morgan fingerprint density at radius 2 is 2.00 bits per heavy atom. The van der Waals surface area contributed by atoms with Gasteiger partial charge in [0.05, 0.1) is 24.6 Å². The molecule has 2 N–H and O–H groups in total. The maximum absolute atomic E-state index is 14.3. The molecule has 0 saturated carbocycles. The Bertz CT molecular complexity index is 614. The second kappa shape index (κ2) is 5.42. The number of ether oxygens (including phenoxy) is 1. The molecule has 2 heterocycles. The van der Waals surface area contributed by atoms with Crippen molar-refractivity contribution in [2.24, 2.45) is 0 Å². The van der Waals surface area contributed by atoms with Crippen molar-refractivity contribution in [1.82, 2.24) is 9.97 Å². The van der Waals surface area contributed by atoms with Crippen molar-refractivity contribution in [3.05, 3.63) is 36.3 Å². The molecule has 1 aromatic heterocycles. The van der Waals surface area contributed by atoms with Crippen molar-refractivity contribution in [2.45, 2.75) is 0 Å². The van der Waals surface area contributed by atoms with Gasteiger partial charge in [0, 0.05) is 24.8 Å². The molecule has 0 spiro atoms. The van der Waals surface area contributed by atoms with E-state index < -0.39 is 0 Å². The third-order valence-corrected chi connectivity index (χ3v) is 3.27. The summed E-state index contributed by atoms with van der Waals surface area (Å²) >= 11 is 0. The number of nitrogens with zero attached hydrogens (tertiary/aromatic N) is 3. The molecule has 0 atom stereocenters. The van der Waals surface area contributed by atoms with E-state index in [0.717, 1.165) is 0 Å². The van der Waals surface area contributed by atoms with E-state index in [1.807, 2.05) is 11.0 Å². The molecule has 1 fully saturated rings. The molecule has 2 aromatic rings. The lowest BCUT2D eigenvalue weighted by Crippen LogP contribution is -2.36. The molecule has 20 heavy (non-hydrogen) atoms. The molecule has 1 aliphatic rings. The van der Waals surface area contributed by atoms with Crippen LogP contribution in [0, 0.1) is 5.82 Å². The Kier molecular flexibility index (Phi) is 3.47. The number of nitrogens with two attached hydrogens (primary N) is 1. The van der Waals surface area contributed by atoms with Crippen LogP contribution in [0.5, 0.6) is 0 Å². The van der Waals surface area contributed by atoms with Gasteiger partial charge in [-0.2, -0.15) is 0 Å². The van der Waals surface area contributed by atoms with E-state index in [0.29, 0.717) is 43.2 Å². The van der Waals surface area contributed by atoms with E-state index in [2.05, 4.69) is 9.97 Å². The van der Waals surface area contributed by atoms with Gasteiger partial charge >= 0.3 is 0 Å². The zero-order chi connectivity index (χ0) is 13.9. The minimum Gasteiger partial charge on any atom is -0.378 e.